The number of aliphatic carboxylic acids is 2. The van der Waals surface area contributed by atoms with Crippen molar-refractivity contribution in [2.45, 2.75) is 6.54 Å². The summed E-state index contributed by atoms with van der Waals surface area (Å²) in [4.78, 5) is 18.2. The maximum absolute atomic E-state index is 9.10. The Kier molecular flexibility index (Phi) is 8.24. The van der Waals surface area contributed by atoms with Gasteiger partial charge in [-0.15, -0.1) is 0 Å². The van der Waals surface area contributed by atoms with Crippen molar-refractivity contribution >= 4 is 22.7 Å². The Hall–Kier alpha value is -2.64. The van der Waals surface area contributed by atoms with Crippen molar-refractivity contribution in [1.82, 2.24) is 5.32 Å². The first-order chi connectivity index (χ1) is 11.5. The van der Waals surface area contributed by atoms with Crippen LogP contribution in [0.25, 0.3) is 10.8 Å². The average Bonchev–Trinajstić information content (AvgIpc) is 2.59. The van der Waals surface area contributed by atoms with Crippen LogP contribution < -0.4 is 10.1 Å². The molecule has 0 unspecified atom stereocenters. The van der Waals surface area contributed by atoms with Gasteiger partial charge in [0.05, 0.1) is 13.7 Å². The van der Waals surface area contributed by atoms with Crippen molar-refractivity contribution in [2.75, 3.05) is 27.4 Å². The zero-order chi connectivity index (χ0) is 17.9. The van der Waals surface area contributed by atoms with Crippen molar-refractivity contribution < 1.29 is 29.3 Å². The molecule has 2 aromatic carbocycles. The van der Waals surface area contributed by atoms with Crippen LogP contribution >= 0.6 is 0 Å². The summed E-state index contributed by atoms with van der Waals surface area (Å²) in [6, 6.07) is 12.5. The number of methoxy groups -OCH3 is 2. The molecule has 0 heterocycles. The highest BCUT2D eigenvalue weighted by atomic mass is 16.5. The molecule has 0 spiro atoms. The fourth-order valence-corrected chi connectivity index (χ4v) is 2.08. The molecule has 3 N–H and O–H groups in total. The highest BCUT2D eigenvalue weighted by molar-refractivity contribution is 6.27. The Morgan fingerprint density at radius 3 is 2.29 bits per heavy atom. The number of ether oxygens (including phenoxy) is 2. The summed E-state index contributed by atoms with van der Waals surface area (Å²) in [5.41, 5.74) is 1.20. The summed E-state index contributed by atoms with van der Waals surface area (Å²) in [7, 11) is 3.42. The molecule has 0 saturated carbocycles. The largest absolute Gasteiger partial charge is 0.496 e. The highest BCUT2D eigenvalue weighted by Crippen LogP contribution is 2.27. The van der Waals surface area contributed by atoms with Crippen molar-refractivity contribution in [2.24, 2.45) is 0 Å². The molecule has 130 valence electrons. The van der Waals surface area contributed by atoms with Crippen LogP contribution in [-0.2, 0) is 20.9 Å². The Bertz CT molecular complexity index is 674. The quantitative estimate of drug-likeness (QED) is 0.545. The average molecular weight is 335 g/mol. The molecule has 2 rings (SSSR count). The minimum Gasteiger partial charge on any atom is -0.496 e. The lowest BCUT2D eigenvalue weighted by Crippen LogP contribution is -2.19. The SMILES string of the molecule is COCCNCc1c(OC)ccc2ccccc12.O=C(O)C(=O)O. The fraction of sp³-hybridized carbons (Fsp3) is 0.294. The van der Waals surface area contributed by atoms with Gasteiger partial charge in [0.2, 0.25) is 0 Å². The molecule has 0 radical (unpaired) electrons. The molecule has 0 aliphatic rings. The van der Waals surface area contributed by atoms with Gasteiger partial charge in [-0.1, -0.05) is 30.3 Å². The van der Waals surface area contributed by atoms with Crippen LogP contribution in [-0.4, -0.2) is 49.5 Å². The Morgan fingerprint density at radius 1 is 1.04 bits per heavy atom. The van der Waals surface area contributed by atoms with E-state index >= 15 is 0 Å². The summed E-state index contributed by atoms with van der Waals surface area (Å²) < 4.78 is 10.5. The number of nitrogens with one attached hydrogen (secondary N) is 1. The standard InChI is InChI=1S/C15H19NO2.C2H2O4/c1-17-10-9-16-11-14-13-6-4-3-5-12(13)7-8-15(14)18-2;3-1(4)2(5)6/h3-8,16H,9-11H2,1-2H3;(H,3,4)(H,5,6). The second-order valence-electron chi connectivity index (χ2n) is 4.75. The van der Waals surface area contributed by atoms with Gasteiger partial charge < -0.3 is 25.0 Å². The molecule has 0 amide bonds. The fourth-order valence-electron chi connectivity index (χ4n) is 2.08. The second-order valence-corrected chi connectivity index (χ2v) is 4.75. The van der Waals surface area contributed by atoms with Gasteiger partial charge in [0.1, 0.15) is 5.75 Å². The summed E-state index contributed by atoms with van der Waals surface area (Å²) in [6.07, 6.45) is 0. The molecular weight excluding hydrogens is 314 g/mol. The zero-order valence-electron chi connectivity index (χ0n) is 13.6. The topological polar surface area (TPSA) is 105 Å². The maximum Gasteiger partial charge on any atom is 0.414 e. The highest BCUT2D eigenvalue weighted by Gasteiger charge is 2.07. The predicted molar refractivity (Wildman–Crippen MR) is 89.4 cm³/mol. The van der Waals surface area contributed by atoms with E-state index in [0.717, 1.165) is 18.8 Å². The van der Waals surface area contributed by atoms with Gasteiger partial charge in [0.15, 0.2) is 0 Å². The molecule has 0 saturated heterocycles. The van der Waals surface area contributed by atoms with E-state index in [4.69, 9.17) is 29.3 Å². The van der Waals surface area contributed by atoms with E-state index < -0.39 is 11.9 Å². The van der Waals surface area contributed by atoms with Crippen molar-refractivity contribution in [3.8, 4) is 5.75 Å². The van der Waals surface area contributed by atoms with Gasteiger partial charge in [-0.05, 0) is 16.8 Å². The molecular formula is C17H21NO6. The summed E-state index contributed by atoms with van der Waals surface area (Å²) >= 11 is 0. The molecule has 2 aromatic rings. The third-order valence-electron chi connectivity index (χ3n) is 3.19. The van der Waals surface area contributed by atoms with E-state index in [1.807, 2.05) is 6.07 Å². The first-order valence-corrected chi connectivity index (χ1v) is 7.21. The normalized spacial score (nSPS) is 9.92. The van der Waals surface area contributed by atoms with Crippen LogP contribution in [0.15, 0.2) is 36.4 Å². The van der Waals surface area contributed by atoms with E-state index in [-0.39, 0.29) is 0 Å². The lowest BCUT2D eigenvalue weighted by molar-refractivity contribution is -0.159. The van der Waals surface area contributed by atoms with E-state index in [9.17, 15) is 0 Å². The van der Waals surface area contributed by atoms with Gasteiger partial charge in [-0.3, -0.25) is 0 Å². The minimum absolute atomic E-state index is 0.715. The van der Waals surface area contributed by atoms with E-state index in [0.29, 0.717) is 6.61 Å². The summed E-state index contributed by atoms with van der Waals surface area (Å²) in [5, 5.41) is 20.6. The molecule has 24 heavy (non-hydrogen) atoms. The number of benzene rings is 2. The van der Waals surface area contributed by atoms with Crippen LogP contribution in [0.3, 0.4) is 0 Å². The predicted octanol–water partition coefficient (Wildman–Crippen LogP) is 1.74. The molecule has 7 heteroatoms. The number of carboxylic acids is 2. The molecule has 0 aliphatic carbocycles. The zero-order valence-corrected chi connectivity index (χ0v) is 13.6. The van der Waals surface area contributed by atoms with Gasteiger partial charge in [-0.2, -0.15) is 0 Å². The third-order valence-corrected chi connectivity index (χ3v) is 3.19. The lowest BCUT2D eigenvalue weighted by Gasteiger charge is -2.12. The van der Waals surface area contributed by atoms with Crippen LogP contribution in [0.5, 0.6) is 5.75 Å². The smallest absolute Gasteiger partial charge is 0.414 e. The van der Waals surface area contributed by atoms with E-state index in [1.54, 1.807) is 14.2 Å². The van der Waals surface area contributed by atoms with Crippen LogP contribution in [0.2, 0.25) is 0 Å². The van der Waals surface area contributed by atoms with Gasteiger partial charge in [-0.25, -0.2) is 9.59 Å². The van der Waals surface area contributed by atoms with Gasteiger partial charge >= 0.3 is 11.9 Å². The third kappa shape index (κ3) is 5.86. The Morgan fingerprint density at radius 2 is 1.71 bits per heavy atom. The molecule has 0 aromatic heterocycles. The van der Waals surface area contributed by atoms with Crippen molar-refractivity contribution in [3.63, 3.8) is 0 Å². The Labute approximate surface area is 139 Å². The van der Waals surface area contributed by atoms with Crippen LogP contribution in [0.1, 0.15) is 5.56 Å². The van der Waals surface area contributed by atoms with Crippen LogP contribution in [0.4, 0.5) is 0 Å². The van der Waals surface area contributed by atoms with E-state index in [2.05, 4.69) is 35.6 Å². The molecule has 0 atom stereocenters. The Balaban J connectivity index is 0.000000413. The number of hydrogen-bond acceptors (Lipinski definition) is 5. The second kappa shape index (κ2) is 10.2. The molecule has 7 nitrogen and oxygen atoms in total. The monoisotopic (exact) mass is 335 g/mol. The number of rotatable bonds is 6. The number of carboxylic acid groups (broad SMARTS) is 2. The summed E-state index contributed by atoms with van der Waals surface area (Å²) in [5.74, 6) is -2.72. The van der Waals surface area contributed by atoms with Crippen LogP contribution in [0, 0.1) is 0 Å². The number of carbonyl (C=O) groups is 2. The summed E-state index contributed by atoms with van der Waals surface area (Å²) in [6.45, 7) is 2.34. The first kappa shape index (κ1) is 19.4. The lowest BCUT2D eigenvalue weighted by atomic mass is 10.0. The molecule has 0 aliphatic heterocycles. The van der Waals surface area contributed by atoms with Gasteiger partial charge in [0, 0.05) is 25.8 Å². The van der Waals surface area contributed by atoms with E-state index in [1.165, 1.54) is 16.3 Å². The van der Waals surface area contributed by atoms with Crippen molar-refractivity contribution in [3.05, 3.63) is 42.0 Å². The van der Waals surface area contributed by atoms with Crippen molar-refractivity contribution in [1.29, 1.82) is 0 Å². The molecule has 0 fully saturated rings. The molecule has 0 bridgehead atoms. The minimum atomic E-state index is -1.82. The first-order valence-electron chi connectivity index (χ1n) is 7.21. The number of hydrogen-bond donors (Lipinski definition) is 3. The van der Waals surface area contributed by atoms with Gasteiger partial charge in [0.25, 0.3) is 0 Å². The maximum atomic E-state index is 9.10. The number of fused-ring (bicyclic) bond motifs is 1.